The average Bonchev–Trinajstić information content (AvgIpc) is 2.27. The van der Waals surface area contributed by atoms with E-state index in [2.05, 4.69) is 16.6 Å². The molecule has 0 heterocycles. The van der Waals surface area contributed by atoms with Crippen LogP contribution in [-0.2, 0) is 9.53 Å². The molecule has 0 atom stereocenters. The first-order valence-corrected chi connectivity index (χ1v) is 5.05. The first kappa shape index (κ1) is 13.0. The Morgan fingerprint density at radius 2 is 2.29 bits per heavy atom. The lowest BCUT2D eigenvalue weighted by Crippen LogP contribution is -2.00. The zero-order valence-corrected chi connectivity index (χ0v) is 9.65. The van der Waals surface area contributed by atoms with Gasteiger partial charge in [-0.25, -0.2) is 4.79 Å². The molecule has 1 rings (SSSR count). The third-order valence-electron chi connectivity index (χ3n) is 1.75. The molecule has 0 fully saturated rings. The third kappa shape index (κ3) is 3.47. The van der Waals surface area contributed by atoms with Crippen LogP contribution >= 0.6 is 11.6 Å². The van der Waals surface area contributed by atoms with E-state index in [-0.39, 0.29) is 22.9 Å². The fraction of sp³-hybridized carbons (Fsp3) is 0.182. The van der Waals surface area contributed by atoms with Crippen LogP contribution in [0.3, 0.4) is 0 Å². The van der Waals surface area contributed by atoms with Gasteiger partial charge in [-0.15, -0.1) is 0 Å². The van der Waals surface area contributed by atoms with Gasteiger partial charge < -0.3 is 4.74 Å². The number of carbonyl (C=O) groups is 1. The summed E-state index contributed by atoms with van der Waals surface area (Å²) in [6.07, 6.45) is 0. The molecule has 0 spiro atoms. The Morgan fingerprint density at radius 1 is 1.59 bits per heavy atom. The molecule has 0 aliphatic heterocycles. The maximum Gasteiger partial charge on any atom is 0.384 e. The molecule has 0 radical (unpaired) electrons. The molecule has 0 unspecified atom stereocenters. The SMILES string of the molecule is CCOC(=O)C#Cc1c(Cl)cccc1[N+](=O)[O-]. The number of esters is 1. The molecule has 6 heteroatoms. The Bertz CT molecular complexity index is 516. The first-order valence-electron chi connectivity index (χ1n) is 4.68. The minimum Gasteiger partial charge on any atom is -0.456 e. The number of carbonyl (C=O) groups excluding carboxylic acids is 1. The highest BCUT2D eigenvalue weighted by atomic mass is 35.5. The van der Waals surface area contributed by atoms with Crippen molar-refractivity contribution in [2.75, 3.05) is 6.61 Å². The Kier molecular flexibility index (Phi) is 4.49. The molecule has 1 aromatic carbocycles. The standard InChI is InChI=1S/C11H8ClNO4/c1-2-17-11(14)7-6-8-9(12)4-3-5-10(8)13(15)16/h3-5H,2H2,1H3. The topological polar surface area (TPSA) is 69.4 Å². The molecular weight excluding hydrogens is 246 g/mol. The van der Waals surface area contributed by atoms with Crippen molar-refractivity contribution in [2.45, 2.75) is 6.92 Å². The van der Waals surface area contributed by atoms with Crippen LogP contribution < -0.4 is 0 Å². The zero-order valence-electron chi connectivity index (χ0n) is 8.90. The van der Waals surface area contributed by atoms with Crippen molar-refractivity contribution in [3.63, 3.8) is 0 Å². The van der Waals surface area contributed by atoms with Gasteiger partial charge in [-0.2, -0.15) is 0 Å². The molecule has 88 valence electrons. The van der Waals surface area contributed by atoms with Gasteiger partial charge in [0.25, 0.3) is 5.69 Å². The van der Waals surface area contributed by atoms with Crippen molar-refractivity contribution in [3.8, 4) is 11.8 Å². The van der Waals surface area contributed by atoms with E-state index in [0.717, 1.165) is 0 Å². The van der Waals surface area contributed by atoms with Gasteiger partial charge in [-0.1, -0.05) is 17.7 Å². The normalized spacial score (nSPS) is 9.06. The maximum atomic E-state index is 11.0. The second-order valence-electron chi connectivity index (χ2n) is 2.86. The minimum absolute atomic E-state index is 0.00668. The summed E-state index contributed by atoms with van der Waals surface area (Å²) in [5.41, 5.74) is -0.235. The Labute approximate surface area is 102 Å². The lowest BCUT2D eigenvalue weighted by atomic mass is 10.2. The number of nitro groups is 1. The predicted molar refractivity (Wildman–Crippen MR) is 61.6 cm³/mol. The number of ether oxygens (including phenoxy) is 1. The number of hydrogen-bond donors (Lipinski definition) is 0. The number of benzene rings is 1. The van der Waals surface area contributed by atoms with Gasteiger partial charge in [0.1, 0.15) is 5.56 Å². The fourth-order valence-electron chi connectivity index (χ4n) is 1.07. The van der Waals surface area contributed by atoms with Crippen molar-refractivity contribution in [3.05, 3.63) is 38.9 Å². The number of hydrogen-bond acceptors (Lipinski definition) is 4. The number of nitro benzene ring substituents is 1. The van der Waals surface area contributed by atoms with E-state index in [1.54, 1.807) is 6.92 Å². The van der Waals surface area contributed by atoms with Crippen LogP contribution in [0.25, 0.3) is 0 Å². The summed E-state index contributed by atoms with van der Waals surface area (Å²) in [5, 5.41) is 10.8. The van der Waals surface area contributed by atoms with E-state index in [0.29, 0.717) is 0 Å². The molecule has 1 aromatic rings. The molecule has 0 amide bonds. The number of rotatable bonds is 2. The second-order valence-corrected chi connectivity index (χ2v) is 3.27. The van der Waals surface area contributed by atoms with E-state index >= 15 is 0 Å². The van der Waals surface area contributed by atoms with Crippen molar-refractivity contribution < 1.29 is 14.5 Å². The largest absolute Gasteiger partial charge is 0.456 e. The summed E-state index contributed by atoms with van der Waals surface area (Å²) in [6.45, 7) is 1.83. The lowest BCUT2D eigenvalue weighted by Gasteiger charge is -1.97. The highest BCUT2D eigenvalue weighted by Crippen LogP contribution is 2.24. The summed E-state index contributed by atoms with van der Waals surface area (Å²) in [4.78, 5) is 21.1. The summed E-state index contributed by atoms with van der Waals surface area (Å²) >= 11 is 5.77. The Hall–Kier alpha value is -2.06. The maximum absolute atomic E-state index is 11.0. The number of nitrogens with zero attached hydrogens (tertiary/aromatic N) is 1. The Balaban J connectivity index is 3.13. The second kappa shape index (κ2) is 5.87. The van der Waals surface area contributed by atoms with Gasteiger partial charge in [-0.3, -0.25) is 10.1 Å². The van der Waals surface area contributed by atoms with Crippen LogP contribution in [0.1, 0.15) is 12.5 Å². The Morgan fingerprint density at radius 3 is 2.88 bits per heavy atom. The minimum atomic E-state index is -0.748. The molecule has 17 heavy (non-hydrogen) atoms. The van der Waals surface area contributed by atoms with E-state index in [1.807, 2.05) is 0 Å². The molecule has 0 aliphatic carbocycles. The molecule has 0 aromatic heterocycles. The quantitative estimate of drug-likeness (QED) is 0.350. The van der Waals surface area contributed by atoms with Crippen LogP contribution in [0, 0.1) is 22.0 Å². The molecule has 0 bridgehead atoms. The van der Waals surface area contributed by atoms with Crippen molar-refractivity contribution in [2.24, 2.45) is 0 Å². The average molecular weight is 254 g/mol. The van der Waals surface area contributed by atoms with E-state index in [4.69, 9.17) is 11.6 Å². The highest BCUT2D eigenvalue weighted by Gasteiger charge is 2.14. The van der Waals surface area contributed by atoms with Crippen LogP contribution in [0.4, 0.5) is 5.69 Å². The van der Waals surface area contributed by atoms with Crippen LogP contribution in [0.2, 0.25) is 5.02 Å². The van der Waals surface area contributed by atoms with E-state index in [1.165, 1.54) is 18.2 Å². The molecule has 0 saturated carbocycles. The van der Waals surface area contributed by atoms with Crippen molar-refractivity contribution in [1.82, 2.24) is 0 Å². The summed E-state index contributed by atoms with van der Waals surface area (Å²) < 4.78 is 4.58. The fourth-order valence-corrected chi connectivity index (χ4v) is 1.29. The molecular formula is C11H8ClNO4. The van der Waals surface area contributed by atoms with Gasteiger partial charge in [0, 0.05) is 12.0 Å². The highest BCUT2D eigenvalue weighted by molar-refractivity contribution is 6.32. The monoisotopic (exact) mass is 253 g/mol. The number of halogens is 1. The van der Waals surface area contributed by atoms with Crippen molar-refractivity contribution >= 4 is 23.3 Å². The van der Waals surface area contributed by atoms with Crippen LogP contribution in [-0.4, -0.2) is 17.5 Å². The summed E-state index contributed by atoms with van der Waals surface area (Å²) in [6, 6.07) is 4.17. The predicted octanol–water partition coefficient (Wildman–Crippen LogP) is 2.16. The lowest BCUT2D eigenvalue weighted by molar-refractivity contribution is -0.385. The molecule has 0 saturated heterocycles. The third-order valence-corrected chi connectivity index (χ3v) is 2.07. The zero-order chi connectivity index (χ0) is 12.8. The van der Waals surface area contributed by atoms with Gasteiger partial charge in [0.2, 0.25) is 0 Å². The summed E-state index contributed by atoms with van der Waals surface area (Å²) in [5.74, 6) is 3.74. The molecule has 0 aliphatic rings. The summed E-state index contributed by atoms with van der Waals surface area (Å²) in [7, 11) is 0. The van der Waals surface area contributed by atoms with Gasteiger partial charge in [0.05, 0.1) is 16.6 Å². The van der Waals surface area contributed by atoms with Crippen LogP contribution in [0.5, 0.6) is 0 Å². The van der Waals surface area contributed by atoms with Gasteiger partial charge >= 0.3 is 5.97 Å². The smallest absolute Gasteiger partial charge is 0.384 e. The van der Waals surface area contributed by atoms with Gasteiger partial charge in [0.15, 0.2) is 0 Å². The van der Waals surface area contributed by atoms with Crippen LogP contribution in [0.15, 0.2) is 18.2 Å². The molecule has 0 N–H and O–H groups in total. The van der Waals surface area contributed by atoms with E-state index in [9.17, 15) is 14.9 Å². The first-order chi connectivity index (χ1) is 8.06. The molecule has 5 nitrogen and oxygen atoms in total. The van der Waals surface area contributed by atoms with Crippen molar-refractivity contribution in [1.29, 1.82) is 0 Å². The van der Waals surface area contributed by atoms with E-state index < -0.39 is 10.9 Å². The van der Waals surface area contributed by atoms with Gasteiger partial charge in [-0.05, 0) is 18.9 Å².